The Hall–Kier alpha value is -2.29. The molecule has 0 unspecified atom stereocenters. The number of ether oxygens (including phenoxy) is 1. The minimum Gasteiger partial charge on any atom is -0.497 e. The number of aromatic nitrogens is 1. The molecule has 5 nitrogen and oxygen atoms in total. The molecule has 1 heterocycles. The monoisotopic (exact) mass is 400 g/mol. The largest absolute Gasteiger partial charge is 0.497 e. The molecular formula is C18H23F3N4OS. The lowest BCUT2D eigenvalue weighted by molar-refractivity contribution is -0.138. The van der Waals surface area contributed by atoms with Crippen molar-refractivity contribution in [1.29, 1.82) is 0 Å². The lowest BCUT2D eigenvalue weighted by atomic mass is 10.1. The highest BCUT2D eigenvalue weighted by molar-refractivity contribution is 7.11. The molecule has 27 heavy (non-hydrogen) atoms. The quantitative estimate of drug-likeness (QED) is 0.568. The molecule has 2 aromatic rings. The summed E-state index contributed by atoms with van der Waals surface area (Å²) in [6, 6.07) is 3.89. The van der Waals surface area contributed by atoms with Gasteiger partial charge in [0, 0.05) is 11.4 Å². The third-order valence-corrected chi connectivity index (χ3v) is 4.93. The van der Waals surface area contributed by atoms with Crippen LogP contribution >= 0.6 is 11.3 Å². The topological polar surface area (TPSA) is 58.5 Å². The van der Waals surface area contributed by atoms with E-state index >= 15 is 0 Å². The van der Waals surface area contributed by atoms with Crippen molar-refractivity contribution in [2.75, 3.05) is 13.7 Å². The second-order valence-electron chi connectivity index (χ2n) is 5.82. The van der Waals surface area contributed by atoms with Gasteiger partial charge in [0.25, 0.3) is 0 Å². The van der Waals surface area contributed by atoms with E-state index < -0.39 is 11.7 Å². The average Bonchev–Trinajstić information content (AvgIpc) is 2.94. The molecule has 0 spiro atoms. The molecule has 0 aliphatic carbocycles. The van der Waals surface area contributed by atoms with Crippen molar-refractivity contribution in [3.63, 3.8) is 0 Å². The predicted octanol–water partition coefficient (Wildman–Crippen LogP) is 4.04. The van der Waals surface area contributed by atoms with Gasteiger partial charge in [0.15, 0.2) is 5.96 Å². The van der Waals surface area contributed by atoms with Crippen LogP contribution in [0.15, 0.2) is 23.2 Å². The minimum atomic E-state index is -4.47. The van der Waals surface area contributed by atoms with Gasteiger partial charge in [0.2, 0.25) is 0 Å². The number of alkyl halides is 3. The Morgan fingerprint density at radius 3 is 2.56 bits per heavy atom. The molecular weight excluding hydrogens is 377 g/mol. The number of benzene rings is 1. The van der Waals surface area contributed by atoms with E-state index in [0.717, 1.165) is 21.6 Å². The second-order valence-corrected chi connectivity index (χ2v) is 7.11. The maximum absolute atomic E-state index is 13.3. The highest BCUT2D eigenvalue weighted by Crippen LogP contribution is 2.34. The van der Waals surface area contributed by atoms with E-state index in [1.54, 1.807) is 11.3 Å². The number of methoxy groups -OCH3 is 1. The molecule has 0 fully saturated rings. The third kappa shape index (κ3) is 5.85. The zero-order chi connectivity index (χ0) is 20.0. The molecule has 2 rings (SSSR count). The lowest BCUT2D eigenvalue weighted by Gasteiger charge is -2.14. The van der Waals surface area contributed by atoms with Gasteiger partial charge in [-0.2, -0.15) is 13.2 Å². The van der Waals surface area contributed by atoms with Crippen LogP contribution in [0.4, 0.5) is 13.2 Å². The van der Waals surface area contributed by atoms with Gasteiger partial charge in [-0.3, -0.25) is 0 Å². The summed E-state index contributed by atoms with van der Waals surface area (Å²) in [7, 11) is 1.34. The van der Waals surface area contributed by atoms with Crippen LogP contribution in [0, 0.1) is 13.8 Å². The number of nitrogens with zero attached hydrogens (tertiary/aromatic N) is 2. The standard InChI is InChI=1S/C18H23F3N4OS/c1-5-22-17(24-10-16-25-11(2)12(3)27-16)23-9-13-6-7-14(26-4)8-15(13)18(19,20)21/h6-8H,5,9-10H2,1-4H3,(H2,22,23,24). The molecule has 0 saturated heterocycles. The third-order valence-electron chi connectivity index (χ3n) is 3.85. The van der Waals surface area contributed by atoms with Crippen molar-refractivity contribution in [2.24, 2.45) is 4.99 Å². The van der Waals surface area contributed by atoms with E-state index in [1.807, 2.05) is 20.8 Å². The molecule has 9 heteroatoms. The Balaban J connectivity index is 2.16. The summed E-state index contributed by atoms with van der Waals surface area (Å²) < 4.78 is 44.8. The molecule has 0 bridgehead atoms. The summed E-state index contributed by atoms with van der Waals surface area (Å²) in [6.07, 6.45) is -4.47. The van der Waals surface area contributed by atoms with Crippen molar-refractivity contribution in [2.45, 2.75) is 40.0 Å². The van der Waals surface area contributed by atoms with Crippen LogP contribution in [-0.4, -0.2) is 24.6 Å². The van der Waals surface area contributed by atoms with Gasteiger partial charge in [0.1, 0.15) is 10.8 Å². The lowest BCUT2D eigenvalue weighted by Crippen LogP contribution is -2.36. The number of hydrogen-bond donors (Lipinski definition) is 2. The maximum Gasteiger partial charge on any atom is 0.416 e. The van der Waals surface area contributed by atoms with Crippen LogP contribution in [0.5, 0.6) is 5.75 Å². The highest BCUT2D eigenvalue weighted by atomic mass is 32.1. The molecule has 0 amide bonds. The smallest absolute Gasteiger partial charge is 0.416 e. The van der Waals surface area contributed by atoms with Gasteiger partial charge in [0.05, 0.1) is 31.5 Å². The first-order valence-electron chi connectivity index (χ1n) is 8.43. The van der Waals surface area contributed by atoms with Gasteiger partial charge in [-0.05, 0) is 38.5 Å². The van der Waals surface area contributed by atoms with Gasteiger partial charge >= 0.3 is 6.18 Å². The van der Waals surface area contributed by atoms with Crippen LogP contribution in [0.2, 0.25) is 0 Å². The van der Waals surface area contributed by atoms with Crippen molar-refractivity contribution in [1.82, 2.24) is 15.6 Å². The van der Waals surface area contributed by atoms with Gasteiger partial charge in [-0.15, -0.1) is 11.3 Å². The number of guanidine groups is 1. The fourth-order valence-corrected chi connectivity index (χ4v) is 3.24. The molecule has 0 radical (unpaired) electrons. The summed E-state index contributed by atoms with van der Waals surface area (Å²) in [5.74, 6) is 0.599. The van der Waals surface area contributed by atoms with Crippen LogP contribution < -0.4 is 15.4 Å². The van der Waals surface area contributed by atoms with Gasteiger partial charge in [-0.1, -0.05) is 6.07 Å². The van der Waals surface area contributed by atoms with Crippen LogP contribution in [-0.2, 0) is 19.3 Å². The van der Waals surface area contributed by atoms with E-state index in [2.05, 4.69) is 20.6 Å². The number of rotatable bonds is 6. The molecule has 0 saturated carbocycles. The zero-order valence-corrected chi connectivity index (χ0v) is 16.5. The molecule has 0 aliphatic rings. The maximum atomic E-state index is 13.3. The Labute approximate surface area is 160 Å². The molecule has 1 aromatic carbocycles. The van der Waals surface area contributed by atoms with E-state index in [0.29, 0.717) is 19.0 Å². The summed E-state index contributed by atoms with van der Waals surface area (Å²) in [6.45, 7) is 6.78. The highest BCUT2D eigenvalue weighted by Gasteiger charge is 2.33. The number of thiazole rings is 1. The summed E-state index contributed by atoms with van der Waals surface area (Å²) in [5.41, 5.74) is 0.320. The van der Waals surface area contributed by atoms with Crippen molar-refractivity contribution >= 4 is 17.3 Å². The predicted molar refractivity (Wildman–Crippen MR) is 101 cm³/mol. The average molecular weight is 400 g/mol. The molecule has 148 valence electrons. The Bertz CT molecular complexity index is 783. The number of halogens is 3. The molecule has 0 aliphatic heterocycles. The molecule has 2 N–H and O–H groups in total. The summed E-state index contributed by atoms with van der Waals surface area (Å²) in [4.78, 5) is 9.87. The van der Waals surface area contributed by atoms with Crippen molar-refractivity contribution < 1.29 is 17.9 Å². The first kappa shape index (κ1) is 21.0. The number of hydrogen-bond acceptors (Lipinski definition) is 4. The Kier molecular flexibility index (Phi) is 7.06. The molecule has 1 aromatic heterocycles. The first-order chi connectivity index (χ1) is 12.7. The summed E-state index contributed by atoms with van der Waals surface area (Å²) in [5, 5.41) is 7.04. The normalized spacial score (nSPS) is 12.2. The van der Waals surface area contributed by atoms with Crippen molar-refractivity contribution in [3.8, 4) is 5.75 Å². The Morgan fingerprint density at radius 1 is 1.26 bits per heavy atom. The van der Waals surface area contributed by atoms with E-state index in [9.17, 15) is 13.2 Å². The zero-order valence-electron chi connectivity index (χ0n) is 15.7. The minimum absolute atomic E-state index is 0.0847. The number of aliphatic imine (C=N–C) groups is 1. The van der Waals surface area contributed by atoms with Crippen LogP contribution in [0.25, 0.3) is 0 Å². The number of nitrogens with one attached hydrogen (secondary N) is 2. The number of aryl methyl sites for hydroxylation is 2. The van der Waals surface area contributed by atoms with Gasteiger partial charge in [-0.25, -0.2) is 9.98 Å². The van der Waals surface area contributed by atoms with Gasteiger partial charge < -0.3 is 15.4 Å². The van der Waals surface area contributed by atoms with Crippen molar-refractivity contribution in [3.05, 3.63) is 44.9 Å². The SMILES string of the molecule is CCNC(=NCc1ccc(OC)cc1C(F)(F)F)NCc1nc(C)c(C)s1. The van der Waals surface area contributed by atoms with E-state index in [1.165, 1.54) is 19.2 Å². The van der Waals surface area contributed by atoms with E-state index in [-0.39, 0.29) is 17.9 Å². The van der Waals surface area contributed by atoms with E-state index in [4.69, 9.17) is 4.74 Å². The van der Waals surface area contributed by atoms with Crippen LogP contribution in [0.3, 0.4) is 0 Å². The Morgan fingerprint density at radius 2 is 2.00 bits per heavy atom. The fourth-order valence-electron chi connectivity index (χ4n) is 2.36. The molecule has 0 atom stereocenters. The van der Waals surface area contributed by atoms with Crippen LogP contribution in [0.1, 0.15) is 33.6 Å². The fraction of sp³-hybridized carbons (Fsp3) is 0.444. The summed E-state index contributed by atoms with van der Waals surface area (Å²) >= 11 is 1.58. The first-order valence-corrected chi connectivity index (χ1v) is 9.25. The second kappa shape index (κ2) is 9.07.